The van der Waals surface area contributed by atoms with E-state index in [4.69, 9.17) is 21.1 Å². The van der Waals surface area contributed by atoms with Crippen molar-refractivity contribution >= 4 is 34.8 Å². The predicted molar refractivity (Wildman–Crippen MR) is 130 cm³/mol. The lowest BCUT2D eigenvalue weighted by Gasteiger charge is -2.40. The van der Waals surface area contributed by atoms with Crippen molar-refractivity contribution in [1.29, 1.82) is 0 Å². The first-order valence-electron chi connectivity index (χ1n) is 10.7. The molecule has 3 heterocycles. The number of halogens is 1. The summed E-state index contributed by atoms with van der Waals surface area (Å²) in [7, 11) is 1.51. The van der Waals surface area contributed by atoms with E-state index >= 15 is 0 Å². The van der Waals surface area contributed by atoms with Crippen molar-refractivity contribution in [2.75, 3.05) is 33.4 Å². The molecule has 1 fully saturated rings. The Balaban J connectivity index is 1.39. The number of nitrogens with zero attached hydrogens (tertiary/aromatic N) is 2. The van der Waals surface area contributed by atoms with Gasteiger partial charge in [0.1, 0.15) is 6.04 Å². The van der Waals surface area contributed by atoms with Gasteiger partial charge in [-0.25, -0.2) is 0 Å². The van der Waals surface area contributed by atoms with Gasteiger partial charge in [-0.15, -0.1) is 0 Å². The molecular weight excluding hydrogens is 478 g/mol. The number of carbonyl (C=O) groups is 2. The normalized spacial score (nSPS) is 16.1. The van der Waals surface area contributed by atoms with E-state index in [1.165, 1.54) is 29.4 Å². The van der Waals surface area contributed by atoms with E-state index in [1.54, 1.807) is 29.3 Å². The van der Waals surface area contributed by atoms with Crippen molar-refractivity contribution in [3.8, 4) is 16.2 Å². The van der Waals surface area contributed by atoms with Crippen LogP contribution in [0.3, 0.4) is 0 Å². The zero-order chi connectivity index (χ0) is 24.1. The molecule has 178 valence electrons. The highest BCUT2D eigenvalue weighted by Crippen LogP contribution is 2.28. The van der Waals surface area contributed by atoms with Crippen molar-refractivity contribution in [3.63, 3.8) is 0 Å². The fraction of sp³-hybridized carbons (Fsp3) is 0.292. The molecule has 3 aromatic rings. The molecule has 1 aliphatic heterocycles. The molecule has 0 spiro atoms. The lowest BCUT2D eigenvalue weighted by atomic mass is 10.0. The maximum Gasteiger partial charge on any atom is 0.261 e. The fourth-order valence-electron chi connectivity index (χ4n) is 3.82. The average Bonchev–Trinajstić information content (AvgIpc) is 3.26. The third-order valence-electron chi connectivity index (χ3n) is 5.56. The van der Waals surface area contributed by atoms with Crippen molar-refractivity contribution in [3.05, 3.63) is 75.0 Å². The summed E-state index contributed by atoms with van der Waals surface area (Å²) in [4.78, 5) is 43.2. The maximum absolute atomic E-state index is 13.2. The number of H-pyrrole nitrogens is 1. The van der Waals surface area contributed by atoms with Gasteiger partial charge in [-0.1, -0.05) is 47.2 Å². The molecule has 2 aromatic heterocycles. The van der Waals surface area contributed by atoms with Crippen LogP contribution in [0.4, 0.5) is 0 Å². The molecule has 1 N–H and O–H groups in total. The number of nitrogens with one attached hydrogen (secondary N) is 1. The summed E-state index contributed by atoms with van der Waals surface area (Å²) in [6.07, 6.45) is 1.67. The standard InChI is InChI=1S/C24H24ClN3O5S/c1-32-14-19-24(31)27(10-11-28(19)22(30)15-33-23-9-7-20(25)34-23)13-16-2-4-17(5-3-16)18-6-8-21(29)26-12-18/h2-9,12,19H,10-11,13-15H2,1H3,(H,26,29)/t19-/m0/s1. The summed E-state index contributed by atoms with van der Waals surface area (Å²) in [6, 6.07) is 13.8. The van der Waals surface area contributed by atoms with Gasteiger partial charge in [-0.2, -0.15) is 0 Å². The molecule has 0 unspecified atom stereocenters. The highest BCUT2D eigenvalue weighted by molar-refractivity contribution is 7.17. The molecule has 0 saturated carbocycles. The molecule has 34 heavy (non-hydrogen) atoms. The van der Waals surface area contributed by atoms with E-state index < -0.39 is 6.04 Å². The number of benzene rings is 1. The number of carbonyl (C=O) groups excluding carboxylic acids is 2. The van der Waals surface area contributed by atoms with Crippen LogP contribution < -0.4 is 10.3 Å². The number of hydrogen-bond acceptors (Lipinski definition) is 6. The minimum absolute atomic E-state index is 0.108. The molecule has 1 atom stereocenters. The Bertz CT molecular complexity index is 1190. The minimum atomic E-state index is -0.706. The first-order chi connectivity index (χ1) is 16.4. The number of hydrogen-bond donors (Lipinski definition) is 1. The van der Waals surface area contributed by atoms with E-state index in [1.807, 2.05) is 24.3 Å². The summed E-state index contributed by atoms with van der Waals surface area (Å²) in [5.74, 6) is -0.435. The zero-order valence-electron chi connectivity index (χ0n) is 18.5. The van der Waals surface area contributed by atoms with E-state index in [0.29, 0.717) is 29.0 Å². The van der Waals surface area contributed by atoms with Gasteiger partial charge in [0, 0.05) is 39.0 Å². The van der Waals surface area contributed by atoms with Crippen LogP contribution in [-0.2, 0) is 20.9 Å². The second-order valence-electron chi connectivity index (χ2n) is 7.80. The number of amides is 2. The van der Waals surface area contributed by atoms with Crippen LogP contribution in [0.2, 0.25) is 4.34 Å². The van der Waals surface area contributed by atoms with Crippen LogP contribution in [0.15, 0.2) is 59.5 Å². The monoisotopic (exact) mass is 501 g/mol. The average molecular weight is 502 g/mol. The maximum atomic E-state index is 13.2. The first-order valence-corrected chi connectivity index (χ1v) is 11.9. The highest BCUT2D eigenvalue weighted by atomic mass is 35.5. The number of rotatable bonds is 8. The Morgan fingerprint density at radius 1 is 1.09 bits per heavy atom. The fourth-order valence-corrected chi connectivity index (χ4v) is 4.69. The smallest absolute Gasteiger partial charge is 0.261 e. The lowest BCUT2D eigenvalue weighted by Crippen LogP contribution is -2.60. The molecular formula is C24H24ClN3O5S. The zero-order valence-corrected chi connectivity index (χ0v) is 20.1. The van der Waals surface area contributed by atoms with Gasteiger partial charge in [0.25, 0.3) is 5.91 Å². The summed E-state index contributed by atoms with van der Waals surface area (Å²) < 4.78 is 11.4. The van der Waals surface area contributed by atoms with Gasteiger partial charge in [-0.3, -0.25) is 14.4 Å². The van der Waals surface area contributed by atoms with Crippen molar-refractivity contribution in [2.24, 2.45) is 0 Å². The van der Waals surface area contributed by atoms with E-state index in [-0.39, 0.29) is 30.6 Å². The quantitative estimate of drug-likeness (QED) is 0.512. The number of thiophene rings is 1. The van der Waals surface area contributed by atoms with E-state index in [0.717, 1.165) is 16.7 Å². The third kappa shape index (κ3) is 5.67. The van der Waals surface area contributed by atoms with Crippen LogP contribution in [-0.4, -0.2) is 66.1 Å². The third-order valence-corrected chi connectivity index (χ3v) is 6.70. The molecule has 1 saturated heterocycles. The number of methoxy groups -OCH3 is 1. The van der Waals surface area contributed by atoms with Crippen LogP contribution in [0.5, 0.6) is 5.06 Å². The number of piperazine rings is 1. The molecule has 0 aliphatic carbocycles. The summed E-state index contributed by atoms with van der Waals surface area (Å²) >= 11 is 7.15. The topological polar surface area (TPSA) is 91.9 Å². The van der Waals surface area contributed by atoms with Crippen molar-refractivity contribution < 1.29 is 19.1 Å². The molecule has 8 nitrogen and oxygen atoms in total. The Morgan fingerprint density at radius 3 is 2.50 bits per heavy atom. The number of ether oxygens (including phenoxy) is 2. The Hall–Kier alpha value is -3.14. The Labute approximate surface area is 205 Å². The summed E-state index contributed by atoms with van der Waals surface area (Å²) in [6.45, 7) is 1.17. The van der Waals surface area contributed by atoms with Gasteiger partial charge in [-0.05, 0) is 34.9 Å². The van der Waals surface area contributed by atoms with Crippen LogP contribution >= 0.6 is 22.9 Å². The van der Waals surface area contributed by atoms with Gasteiger partial charge >= 0.3 is 0 Å². The van der Waals surface area contributed by atoms with Crippen LogP contribution in [0.25, 0.3) is 11.1 Å². The van der Waals surface area contributed by atoms with E-state index in [9.17, 15) is 14.4 Å². The van der Waals surface area contributed by atoms with Gasteiger partial charge in [0.05, 0.1) is 10.9 Å². The number of aromatic nitrogens is 1. The van der Waals surface area contributed by atoms with Gasteiger partial charge in [0.2, 0.25) is 11.5 Å². The molecule has 0 radical (unpaired) electrons. The predicted octanol–water partition coefficient (Wildman–Crippen LogP) is 3.02. The van der Waals surface area contributed by atoms with Gasteiger partial charge in [0.15, 0.2) is 11.7 Å². The number of pyridine rings is 1. The summed E-state index contributed by atoms with van der Waals surface area (Å²) in [5.41, 5.74) is 2.69. The number of aromatic amines is 1. The molecule has 1 aliphatic rings. The van der Waals surface area contributed by atoms with Crippen molar-refractivity contribution in [2.45, 2.75) is 12.6 Å². The molecule has 2 amide bonds. The van der Waals surface area contributed by atoms with Crippen molar-refractivity contribution in [1.82, 2.24) is 14.8 Å². The molecule has 4 rings (SSSR count). The second-order valence-corrected chi connectivity index (χ2v) is 9.48. The molecule has 1 aromatic carbocycles. The van der Waals surface area contributed by atoms with Crippen LogP contribution in [0.1, 0.15) is 5.56 Å². The van der Waals surface area contributed by atoms with Crippen LogP contribution in [0, 0.1) is 0 Å². The Kier molecular flexibility index (Phi) is 7.66. The molecule has 10 heteroatoms. The Morgan fingerprint density at radius 2 is 1.85 bits per heavy atom. The summed E-state index contributed by atoms with van der Waals surface area (Å²) in [5, 5.41) is 0.553. The first kappa shape index (κ1) is 24.0. The second kappa shape index (κ2) is 10.9. The van der Waals surface area contributed by atoms with Gasteiger partial charge < -0.3 is 24.3 Å². The molecule has 0 bridgehead atoms. The van der Waals surface area contributed by atoms with E-state index in [2.05, 4.69) is 4.98 Å². The minimum Gasteiger partial charge on any atom is -0.474 e. The highest BCUT2D eigenvalue weighted by Gasteiger charge is 2.37. The largest absolute Gasteiger partial charge is 0.474 e. The SMILES string of the molecule is COC[C@H]1C(=O)N(Cc2ccc(-c3ccc(=O)[nH]c3)cc2)CCN1C(=O)COc1ccc(Cl)s1. The lowest BCUT2D eigenvalue weighted by molar-refractivity contribution is -0.155.